The summed E-state index contributed by atoms with van der Waals surface area (Å²) in [5.41, 5.74) is 2.84. The third-order valence-corrected chi connectivity index (χ3v) is 4.37. The lowest BCUT2D eigenvalue weighted by Crippen LogP contribution is -2.46. The molecule has 0 amide bonds. The van der Waals surface area contributed by atoms with Crippen molar-refractivity contribution >= 4 is 24.0 Å². The Kier molecular flexibility index (Phi) is 7.32. The molecule has 0 saturated carbocycles. The molecule has 1 aliphatic carbocycles. The first kappa shape index (κ1) is 18.6. The van der Waals surface area contributed by atoms with E-state index in [4.69, 9.17) is 16.3 Å². The second-order valence-electron chi connectivity index (χ2n) is 6.07. The highest BCUT2D eigenvalue weighted by Crippen LogP contribution is 2.32. The van der Waals surface area contributed by atoms with Crippen LogP contribution in [0.2, 0.25) is 0 Å². The summed E-state index contributed by atoms with van der Waals surface area (Å²) in [7, 11) is 1.76. The molecule has 0 aliphatic heterocycles. The van der Waals surface area contributed by atoms with Gasteiger partial charge >= 0.3 is 0 Å². The van der Waals surface area contributed by atoms with Crippen LogP contribution in [0.1, 0.15) is 38.3 Å². The molecule has 0 spiro atoms. The molecule has 0 radical (unpaired) electrons. The van der Waals surface area contributed by atoms with Gasteiger partial charge in [-0.1, -0.05) is 12.1 Å². The summed E-state index contributed by atoms with van der Waals surface area (Å²) < 4.78 is 5.54. The van der Waals surface area contributed by atoms with E-state index in [0.29, 0.717) is 12.1 Å². The van der Waals surface area contributed by atoms with Gasteiger partial charge in [0.05, 0.1) is 7.11 Å². The van der Waals surface area contributed by atoms with Gasteiger partial charge < -0.3 is 4.74 Å². The van der Waals surface area contributed by atoms with Gasteiger partial charge in [-0.25, -0.2) is 0 Å². The molecule has 21 heavy (non-hydrogen) atoms. The molecule has 4 heteroatoms. The summed E-state index contributed by atoms with van der Waals surface area (Å²) in [5.74, 6) is 1.04. The second-order valence-corrected chi connectivity index (χ2v) is 6.81. The number of nitrogens with zero attached hydrogens (tertiary/aromatic N) is 1. The number of hydrogen-bond donors (Lipinski definition) is 0. The van der Waals surface area contributed by atoms with Gasteiger partial charge in [-0.15, -0.1) is 24.0 Å². The highest BCUT2D eigenvalue weighted by Gasteiger charge is 2.28. The van der Waals surface area contributed by atoms with Crippen LogP contribution in [-0.2, 0) is 12.8 Å². The van der Waals surface area contributed by atoms with Gasteiger partial charge in [0.15, 0.2) is 0 Å². The van der Waals surface area contributed by atoms with Gasteiger partial charge in [0.2, 0.25) is 0 Å². The van der Waals surface area contributed by atoms with E-state index >= 15 is 0 Å². The van der Waals surface area contributed by atoms with E-state index in [1.54, 1.807) is 7.11 Å². The summed E-state index contributed by atoms with van der Waals surface area (Å²) >= 11 is 6.23. The van der Waals surface area contributed by atoms with Crippen LogP contribution in [0.5, 0.6) is 5.75 Å². The van der Waals surface area contributed by atoms with Crippen molar-refractivity contribution < 1.29 is 4.74 Å². The lowest BCUT2D eigenvalue weighted by Gasteiger charge is -2.39. The Hall–Kier alpha value is -0.440. The van der Waals surface area contributed by atoms with Crippen molar-refractivity contribution in [3.8, 4) is 5.75 Å². The predicted molar refractivity (Wildman–Crippen MR) is 93.2 cm³/mol. The quantitative estimate of drug-likeness (QED) is 0.745. The molecule has 0 N–H and O–H groups in total. The maximum atomic E-state index is 6.23. The standard InChI is InChI=1S/C17H26ClNO.ClH/c1-12(2)19(11-13(3)18)15-9-8-14-6-5-7-17(20-4)16(14)10-15;/h5-7,12-13,15H,8-11H2,1-4H3;1H. The monoisotopic (exact) mass is 331 g/mol. The summed E-state index contributed by atoms with van der Waals surface area (Å²) in [6.07, 6.45) is 3.42. The summed E-state index contributed by atoms with van der Waals surface area (Å²) in [6.45, 7) is 7.55. The molecule has 2 nitrogen and oxygen atoms in total. The minimum Gasteiger partial charge on any atom is -0.496 e. The maximum Gasteiger partial charge on any atom is 0.122 e. The van der Waals surface area contributed by atoms with E-state index in [1.807, 2.05) is 0 Å². The van der Waals surface area contributed by atoms with Crippen LogP contribution in [0.4, 0.5) is 0 Å². The zero-order valence-electron chi connectivity index (χ0n) is 13.4. The van der Waals surface area contributed by atoms with Gasteiger partial charge in [-0.3, -0.25) is 4.90 Å². The number of ether oxygens (including phenoxy) is 1. The number of benzene rings is 1. The Morgan fingerprint density at radius 1 is 1.33 bits per heavy atom. The van der Waals surface area contributed by atoms with Crippen molar-refractivity contribution in [2.24, 2.45) is 0 Å². The molecule has 2 atom stereocenters. The number of aryl methyl sites for hydroxylation is 1. The summed E-state index contributed by atoms with van der Waals surface area (Å²) in [4.78, 5) is 2.55. The Bertz CT molecular complexity index is 434. The third-order valence-electron chi connectivity index (χ3n) is 4.23. The van der Waals surface area contributed by atoms with E-state index < -0.39 is 0 Å². The Morgan fingerprint density at radius 3 is 2.62 bits per heavy atom. The van der Waals surface area contributed by atoms with Crippen LogP contribution in [0, 0.1) is 0 Å². The molecule has 0 bridgehead atoms. The van der Waals surface area contributed by atoms with Crippen molar-refractivity contribution in [1.82, 2.24) is 4.90 Å². The first-order chi connectivity index (χ1) is 9.52. The van der Waals surface area contributed by atoms with E-state index in [2.05, 4.69) is 43.9 Å². The van der Waals surface area contributed by atoms with E-state index in [-0.39, 0.29) is 17.8 Å². The van der Waals surface area contributed by atoms with Crippen molar-refractivity contribution in [2.75, 3.05) is 13.7 Å². The third kappa shape index (κ3) is 4.51. The predicted octanol–water partition coefficient (Wildman–Crippen LogP) is 4.31. The SMILES string of the molecule is COc1cccc2c1CC(N(CC(C)Cl)C(C)C)CC2.Cl. The molecule has 0 saturated heterocycles. The fourth-order valence-electron chi connectivity index (χ4n) is 3.28. The first-order valence-corrected chi connectivity index (χ1v) is 8.01. The van der Waals surface area contributed by atoms with Gasteiger partial charge in [0.25, 0.3) is 0 Å². The van der Waals surface area contributed by atoms with E-state index in [1.165, 1.54) is 17.5 Å². The highest BCUT2D eigenvalue weighted by atomic mass is 35.5. The van der Waals surface area contributed by atoms with Crippen LogP contribution in [0.3, 0.4) is 0 Å². The fraction of sp³-hybridized carbons (Fsp3) is 0.647. The molecule has 1 aromatic rings. The zero-order valence-corrected chi connectivity index (χ0v) is 15.0. The van der Waals surface area contributed by atoms with E-state index in [9.17, 15) is 0 Å². The number of methoxy groups -OCH3 is 1. The number of fused-ring (bicyclic) bond motifs is 1. The lowest BCUT2D eigenvalue weighted by molar-refractivity contribution is 0.140. The Labute approximate surface area is 140 Å². The fourth-order valence-corrected chi connectivity index (χ4v) is 3.44. The van der Waals surface area contributed by atoms with Crippen LogP contribution in [-0.4, -0.2) is 36.0 Å². The Morgan fingerprint density at radius 2 is 2.05 bits per heavy atom. The maximum absolute atomic E-state index is 6.23. The van der Waals surface area contributed by atoms with Crippen molar-refractivity contribution in [3.05, 3.63) is 29.3 Å². The number of rotatable bonds is 5. The summed E-state index contributed by atoms with van der Waals surface area (Å²) in [6, 6.07) is 7.50. The van der Waals surface area contributed by atoms with Gasteiger partial charge in [-0.2, -0.15) is 0 Å². The Balaban J connectivity index is 0.00000220. The molecule has 0 aromatic heterocycles. The minimum absolute atomic E-state index is 0. The van der Waals surface area contributed by atoms with Gasteiger partial charge in [0, 0.05) is 24.0 Å². The normalized spacial score (nSPS) is 19.1. The average Bonchev–Trinajstić information content (AvgIpc) is 2.43. The average molecular weight is 332 g/mol. The minimum atomic E-state index is 0. The molecule has 120 valence electrons. The number of alkyl halides is 1. The smallest absolute Gasteiger partial charge is 0.122 e. The molecule has 2 rings (SSSR count). The van der Waals surface area contributed by atoms with Crippen molar-refractivity contribution in [1.29, 1.82) is 0 Å². The molecule has 0 heterocycles. The second kappa shape index (κ2) is 8.26. The van der Waals surface area contributed by atoms with Gasteiger partial charge in [0.1, 0.15) is 5.75 Å². The van der Waals surface area contributed by atoms with E-state index in [0.717, 1.165) is 25.1 Å². The molecule has 0 fully saturated rings. The van der Waals surface area contributed by atoms with Crippen molar-refractivity contribution in [2.45, 2.75) is 57.5 Å². The molecule has 1 aliphatic rings. The highest BCUT2D eigenvalue weighted by molar-refractivity contribution is 6.20. The van der Waals surface area contributed by atoms with Crippen LogP contribution < -0.4 is 4.74 Å². The molecule has 2 unspecified atom stereocenters. The molecular formula is C17H27Cl2NO. The first-order valence-electron chi connectivity index (χ1n) is 7.57. The van der Waals surface area contributed by atoms with Gasteiger partial charge in [-0.05, 0) is 57.2 Å². The topological polar surface area (TPSA) is 12.5 Å². The van der Waals surface area contributed by atoms with Crippen molar-refractivity contribution in [3.63, 3.8) is 0 Å². The summed E-state index contributed by atoms with van der Waals surface area (Å²) in [5, 5.41) is 0.191. The molecule has 1 aromatic carbocycles. The zero-order chi connectivity index (χ0) is 14.7. The lowest BCUT2D eigenvalue weighted by atomic mass is 9.86. The van der Waals surface area contributed by atoms with Crippen LogP contribution in [0.25, 0.3) is 0 Å². The van der Waals surface area contributed by atoms with Crippen LogP contribution in [0.15, 0.2) is 18.2 Å². The van der Waals surface area contributed by atoms with Crippen LogP contribution >= 0.6 is 24.0 Å². The largest absolute Gasteiger partial charge is 0.496 e. The number of hydrogen-bond acceptors (Lipinski definition) is 2. The number of halogens is 2. The molecular weight excluding hydrogens is 305 g/mol.